The molecule has 2 aromatic rings. The van der Waals surface area contributed by atoms with E-state index < -0.39 is 42.0 Å². The summed E-state index contributed by atoms with van der Waals surface area (Å²) in [4.78, 5) is 13.3. The monoisotopic (exact) mass is 638 g/mol. The lowest BCUT2D eigenvalue weighted by atomic mass is 9.78. The Hall–Kier alpha value is -2.51. The minimum absolute atomic E-state index is 0.114. The van der Waals surface area contributed by atoms with Crippen molar-refractivity contribution < 1.29 is 52.5 Å². The summed E-state index contributed by atoms with van der Waals surface area (Å²) < 4.78 is 58.6. The minimum atomic E-state index is -1.52. The first-order chi connectivity index (χ1) is 22.1. The SMILES string of the molecule is COc1c2c(c(O)c3c4c(c(C)cc13)C1OC3(C5OCCO5)OC1[C@@](O[C@H]1C[C@@H](C)[C@@H](CC(C)C)CO1)(O4)[C@@]31CO1)C(=O)CCC2. The van der Waals surface area contributed by atoms with Crippen molar-refractivity contribution in [1.82, 2.24) is 0 Å². The third-order valence-electron chi connectivity index (χ3n) is 11.4. The van der Waals surface area contributed by atoms with E-state index in [-0.39, 0.29) is 18.1 Å². The van der Waals surface area contributed by atoms with Gasteiger partial charge in [0, 0.05) is 29.4 Å². The summed E-state index contributed by atoms with van der Waals surface area (Å²) in [5.41, 5.74) is 1.37. The fraction of sp³-hybridized carbons (Fsp3) is 0.686. The normalized spacial score (nSPS) is 39.3. The fourth-order valence-electron chi connectivity index (χ4n) is 9.20. The molecule has 5 fully saturated rings. The van der Waals surface area contributed by atoms with Crippen molar-refractivity contribution in [2.24, 2.45) is 17.8 Å². The van der Waals surface area contributed by atoms with Crippen LogP contribution in [0.4, 0.5) is 0 Å². The molecule has 2 bridgehead atoms. The number of rotatable bonds is 6. The lowest BCUT2D eigenvalue weighted by Gasteiger charge is -2.51. The summed E-state index contributed by atoms with van der Waals surface area (Å²) in [6.07, 6.45) is 0.577. The van der Waals surface area contributed by atoms with Gasteiger partial charge in [0.2, 0.25) is 11.9 Å². The van der Waals surface area contributed by atoms with E-state index in [1.165, 1.54) is 0 Å². The lowest BCUT2D eigenvalue weighted by Crippen LogP contribution is -2.71. The number of phenolic OH excluding ortho intramolecular Hbond substituents is 1. The van der Waals surface area contributed by atoms with E-state index in [0.29, 0.717) is 96.7 Å². The summed E-state index contributed by atoms with van der Waals surface area (Å²) in [5.74, 6) is -0.897. The highest BCUT2D eigenvalue weighted by Crippen LogP contribution is 2.72. The highest BCUT2D eigenvalue weighted by atomic mass is 16.9. The van der Waals surface area contributed by atoms with Gasteiger partial charge >= 0.3 is 0 Å². The Morgan fingerprint density at radius 3 is 2.61 bits per heavy atom. The van der Waals surface area contributed by atoms with E-state index in [9.17, 15) is 9.90 Å². The Kier molecular flexibility index (Phi) is 6.44. The second-order valence-electron chi connectivity index (χ2n) is 14.6. The van der Waals surface area contributed by atoms with Gasteiger partial charge in [0.25, 0.3) is 11.6 Å². The van der Waals surface area contributed by atoms with Crippen LogP contribution in [0, 0.1) is 24.7 Å². The molecular weight excluding hydrogens is 596 g/mol. The van der Waals surface area contributed by atoms with Crippen LogP contribution in [-0.2, 0) is 39.6 Å². The molecule has 0 saturated carbocycles. The zero-order valence-electron chi connectivity index (χ0n) is 27.0. The number of carbonyl (C=O) groups excluding carboxylic acids is 1. The van der Waals surface area contributed by atoms with Crippen molar-refractivity contribution in [3.8, 4) is 17.2 Å². The number of Topliss-reactive ketones (excluding diaryl/α,β-unsaturated/α-hetero) is 1. The standard InChI is InChI=1S/C35H42O11/c1-16(2)11-19-14-41-23(13-17(19)3)43-34-31-30(45-35(46-31,33(34)15-42-33)32-39-9-10-40-32)24-18(4)12-21-26(29(24)44-34)27(37)25-20(28(21)38-5)7-6-8-22(25)36/h12,16-17,19,23,30-32,37H,6-11,13-15H2,1-5H3/t17-,19+,23+,30?,31?,33+,34-,35?/m1/s1. The molecule has 0 aromatic heterocycles. The van der Waals surface area contributed by atoms with Crippen LogP contribution in [0.15, 0.2) is 6.07 Å². The van der Waals surface area contributed by atoms with Gasteiger partial charge in [-0.2, -0.15) is 0 Å². The largest absolute Gasteiger partial charge is 0.506 e. The van der Waals surface area contributed by atoms with Gasteiger partial charge in [-0.25, -0.2) is 0 Å². The van der Waals surface area contributed by atoms with Gasteiger partial charge in [-0.1, -0.05) is 20.8 Å². The highest BCUT2D eigenvalue weighted by Gasteiger charge is 2.94. The summed E-state index contributed by atoms with van der Waals surface area (Å²) in [7, 11) is 1.60. The zero-order chi connectivity index (χ0) is 31.7. The maximum absolute atomic E-state index is 13.3. The molecule has 46 heavy (non-hydrogen) atoms. The van der Waals surface area contributed by atoms with Crippen molar-refractivity contribution in [1.29, 1.82) is 0 Å². The third-order valence-corrected chi connectivity index (χ3v) is 11.4. The number of ether oxygens (including phenoxy) is 9. The van der Waals surface area contributed by atoms with Crippen LogP contribution in [0.1, 0.15) is 79.6 Å². The number of methoxy groups -OCH3 is 1. The van der Waals surface area contributed by atoms with Gasteiger partial charge in [0.05, 0.1) is 44.5 Å². The van der Waals surface area contributed by atoms with Crippen LogP contribution in [0.25, 0.3) is 10.8 Å². The minimum Gasteiger partial charge on any atom is -0.506 e. The fourth-order valence-corrected chi connectivity index (χ4v) is 9.20. The van der Waals surface area contributed by atoms with E-state index in [2.05, 4.69) is 20.8 Å². The van der Waals surface area contributed by atoms with E-state index in [1.807, 2.05) is 13.0 Å². The molecule has 6 aliphatic heterocycles. The number of fused-ring (bicyclic) bond motifs is 8. The Balaban J connectivity index is 1.22. The average Bonchev–Trinajstić information content (AvgIpc) is 3.36. The van der Waals surface area contributed by atoms with Gasteiger partial charge in [-0.05, 0) is 55.6 Å². The maximum Gasteiger partial charge on any atom is 0.279 e. The molecule has 1 N–H and O–H groups in total. The molecule has 6 heterocycles. The number of phenols is 1. The number of hydrogen-bond acceptors (Lipinski definition) is 11. The summed E-state index contributed by atoms with van der Waals surface area (Å²) in [5, 5.41) is 13.0. The number of aryl methyl sites for hydroxylation is 1. The first-order valence-electron chi connectivity index (χ1n) is 16.8. The molecule has 5 saturated heterocycles. The van der Waals surface area contributed by atoms with Crippen LogP contribution in [0.3, 0.4) is 0 Å². The molecule has 9 rings (SSSR count). The third kappa shape index (κ3) is 3.65. The second kappa shape index (κ2) is 10.0. The van der Waals surface area contributed by atoms with Gasteiger partial charge in [-0.15, -0.1) is 0 Å². The second-order valence-corrected chi connectivity index (χ2v) is 14.6. The van der Waals surface area contributed by atoms with Crippen molar-refractivity contribution in [2.75, 3.05) is 33.5 Å². The molecule has 248 valence electrons. The van der Waals surface area contributed by atoms with Crippen molar-refractivity contribution >= 4 is 16.6 Å². The first kappa shape index (κ1) is 29.6. The predicted molar refractivity (Wildman–Crippen MR) is 161 cm³/mol. The van der Waals surface area contributed by atoms with Gasteiger partial charge in [-0.3, -0.25) is 4.79 Å². The average molecular weight is 639 g/mol. The molecule has 0 radical (unpaired) electrons. The predicted octanol–water partition coefficient (Wildman–Crippen LogP) is 4.84. The molecule has 11 heteroatoms. The Morgan fingerprint density at radius 2 is 1.91 bits per heavy atom. The van der Waals surface area contributed by atoms with Gasteiger partial charge in [0.15, 0.2) is 18.2 Å². The Bertz CT molecular complexity index is 1630. The molecule has 11 nitrogen and oxygen atoms in total. The topological polar surface area (TPSA) is 124 Å². The van der Waals surface area contributed by atoms with Crippen LogP contribution < -0.4 is 9.47 Å². The van der Waals surface area contributed by atoms with Crippen molar-refractivity contribution in [3.05, 3.63) is 28.3 Å². The molecule has 3 unspecified atom stereocenters. The van der Waals surface area contributed by atoms with Crippen molar-refractivity contribution in [3.63, 3.8) is 0 Å². The summed E-state index contributed by atoms with van der Waals surface area (Å²) in [6, 6.07) is 1.97. The number of ketones is 1. The van der Waals surface area contributed by atoms with Crippen LogP contribution >= 0.6 is 0 Å². The molecule has 2 aromatic carbocycles. The van der Waals surface area contributed by atoms with Crippen LogP contribution in [-0.4, -0.2) is 80.3 Å². The van der Waals surface area contributed by atoms with E-state index in [1.54, 1.807) is 7.11 Å². The number of carbonyl (C=O) groups is 1. The van der Waals surface area contributed by atoms with Gasteiger partial charge in [0.1, 0.15) is 23.4 Å². The lowest BCUT2D eigenvalue weighted by molar-refractivity contribution is -0.370. The number of epoxide rings is 1. The quantitative estimate of drug-likeness (QED) is 0.437. The van der Waals surface area contributed by atoms with Crippen LogP contribution in [0.5, 0.6) is 17.2 Å². The van der Waals surface area contributed by atoms with E-state index in [0.717, 1.165) is 17.5 Å². The van der Waals surface area contributed by atoms with E-state index >= 15 is 0 Å². The Morgan fingerprint density at radius 1 is 1.13 bits per heavy atom. The van der Waals surface area contributed by atoms with E-state index in [4.69, 9.17) is 42.6 Å². The molecule has 7 aliphatic rings. The number of aromatic hydroxyl groups is 1. The maximum atomic E-state index is 13.3. The first-order valence-corrected chi connectivity index (χ1v) is 16.8. The van der Waals surface area contributed by atoms with Crippen molar-refractivity contribution in [2.45, 2.75) is 102 Å². The highest BCUT2D eigenvalue weighted by molar-refractivity contribution is 6.11. The van der Waals surface area contributed by atoms with Gasteiger partial charge < -0.3 is 47.7 Å². The summed E-state index contributed by atoms with van der Waals surface area (Å²) in [6.45, 7) is 10.3. The zero-order valence-corrected chi connectivity index (χ0v) is 27.0. The molecule has 8 atom stereocenters. The molecule has 1 spiro atoms. The number of benzene rings is 2. The molecular formula is C35H42O11. The Labute approximate surface area is 267 Å². The molecule has 1 aliphatic carbocycles. The number of hydrogen-bond donors (Lipinski definition) is 1. The smallest absolute Gasteiger partial charge is 0.279 e. The molecule has 0 amide bonds. The summed E-state index contributed by atoms with van der Waals surface area (Å²) >= 11 is 0. The van der Waals surface area contributed by atoms with Crippen LogP contribution in [0.2, 0.25) is 0 Å².